The van der Waals surface area contributed by atoms with Crippen LogP contribution in [-0.4, -0.2) is 46.1 Å². The van der Waals surface area contributed by atoms with Crippen molar-refractivity contribution in [2.24, 2.45) is 5.92 Å². The van der Waals surface area contributed by atoms with E-state index < -0.39 is 17.3 Å². The summed E-state index contributed by atoms with van der Waals surface area (Å²) in [4.78, 5) is 23.5. The molecular weight excluding hydrogens is 411 g/mol. The van der Waals surface area contributed by atoms with E-state index in [1.54, 1.807) is 17.0 Å². The largest absolute Gasteiger partial charge is 0.491 e. The lowest BCUT2D eigenvalue weighted by molar-refractivity contribution is -0.137. The molecule has 2 atom stereocenters. The maximum absolute atomic E-state index is 13.4. The molecule has 1 aliphatic carbocycles. The Kier molecular flexibility index (Phi) is 5.53. The molecule has 3 heterocycles. The predicted octanol–water partition coefficient (Wildman–Crippen LogP) is 4.28. The number of carbonyl (C=O) groups excluding carboxylic acids is 1. The number of nitrogens with zero attached hydrogens (tertiary/aromatic N) is 3. The van der Waals surface area contributed by atoms with E-state index in [2.05, 4.69) is 9.97 Å². The summed E-state index contributed by atoms with van der Waals surface area (Å²) in [5.41, 5.74) is -0.358. The SMILES string of the molecule is CCOc1ccc(C)nc1C(=O)N1CC2CCC1(COc1ccc(C(F)(F)F)cn1)C2. The zero-order valence-corrected chi connectivity index (χ0v) is 17.4. The summed E-state index contributed by atoms with van der Waals surface area (Å²) in [6.45, 7) is 4.85. The molecule has 1 amide bonds. The highest BCUT2D eigenvalue weighted by atomic mass is 19.4. The molecule has 2 aliphatic rings. The Labute approximate surface area is 178 Å². The number of aryl methyl sites for hydroxylation is 1. The van der Waals surface area contributed by atoms with Crippen molar-refractivity contribution in [1.29, 1.82) is 0 Å². The first-order chi connectivity index (χ1) is 14.7. The third-order valence-electron chi connectivity index (χ3n) is 6.00. The van der Waals surface area contributed by atoms with Crippen LogP contribution in [0.25, 0.3) is 0 Å². The van der Waals surface area contributed by atoms with E-state index in [-0.39, 0.29) is 24.1 Å². The van der Waals surface area contributed by atoms with Gasteiger partial charge in [0.2, 0.25) is 5.88 Å². The fraction of sp³-hybridized carbons (Fsp3) is 0.500. The number of ether oxygens (including phenoxy) is 2. The molecule has 2 aromatic rings. The van der Waals surface area contributed by atoms with Crippen molar-refractivity contribution >= 4 is 5.91 Å². The van der Waals surface area contributed by atoms with Crippen molar-refractivity contribution in [2.75, 3.05) is 19.8 Å². The maximum atomic E-state index is 13.4. The lowest BCUT2D eigenvalue weighted by Gasteiger charge is -2.38. The molecule has 0 N–H and O–H groups in total. The monoisotopic (exact) mass is 435 g/mol. The molecule has 6 nitrogen and oxygen atoms in total. The Balaban J connectivity index is 1.53. The van der Waals surface area contributed by atoms with Gasteiger partial charge in [-0.2, -0.15) is 13.2 Å². The molecule has 2 fully saturated rings. The van der Waals surface area contributed by atoms with E-state index in [0.29, 0.717) is 24.8 Å². The molecule has 4 rings (SSSR count). The Hall–Kier alpha value is -2.84. The van der Waals surface area contributed by atoms with Crippen molar-refractivity contribution in [3.05, 3.63) is 47.4 Å². The highest BCUT2D eigenvalue weighted by Crippen LogP contribution is 2.47. The standard InChI is InChI=1S/C22H24F3N3O3/c1-3-30-17-6-4-14(2)27-19(17)20(29)28-12-15-8-9-21(28,10-15)13-31-18-7-5-16(11-26-18)22(23,24)25/h4-7,11,15H,3,8-10,12-13H2,1-2H3. The average molecular weight is 435 g/mol. The van der Waals surface area contributed by atoms with Crippen LogP contribution >= 0.6 is 0 Å². The molecular formula is C22H24F3N3O3. The third kappa shape index (κ3) is 4.18. The highest BCUT2D eigenvalue weighted by molar-refractivity contribution is 5.96. The van der Waals surface area contributed by atoms with Crippen LogP contribution in [0.2, 0.25) is 0 Å². The van der Waals surface area contributed by atoms with E-state index >= 15 is 0 Å². The zero-order valence-electron chi connectivity index (χ0n) is 17.4. The number of hydrogen-bond donors (Lipinski definition) is 0. The van der Waals surface area contributed by atoms with Crippen LogP contribution in [0.3, 0.4) is 0 Å². The summed E-state index contributed by atoms with van der Waals surface area (Å²) in [5, 5.41) is 0. The number of alkyl halides is 3. The second-order valence-corrected chi connectivity index (χ2v) is 8.15. The fourth-order valence-electron chi connectivity index (χ4n) is 4.51. The van der Waals surface area contributed by atoms with Gasteiger partial charge < -0.3 is 14.4 Å². The van der Waals surface area contributed by atoms with Crippen molar-refractivity contribution in [1.82, 2.24) is 14.9 Å². The van der Waals surface area contributed by atoms with Gasteiger partial charge in [-0.1, -0.05) is 0 Å². The predicted molar refractivity (Wildman–Crippen MR) is 106 cm³/mol. The molecule has 1 saturated heterocycles. The first-order valence-electron chi connectivity index (χ1n) is 10.3. The molecule has 31 heavy (non-hydrogen) atoms. The number of piperidine rings is 1. The number of carbonyl (C=O) groups is 1. The summed E-state index contributed by atoms with van der Waals surface area (Å²) >= 11 is 0. The Morgan fingerprint density at radius 2 is 2.06 bits per heavy atom. The van der Waals surface area contributed by atoms with Crippen molar-refractivity contribution in [2.45, 2.75) is 44.8 Å². The van der Waals surface area contributed by atoms with Crippen LogP contribution in [-0.2, 0) is 6.18 Å². The van der Waals surface area contributed by atoms with Gasteiger partial charge in [0, 0.05) is 24.5 Å². The maximum Gasteiger partial charge on any atom is 0.417 e. The van der Waals surface area contributed by atoms with Crippen LogP contribution in [0.1, 0.15) is 47.9 Å². The van der Waals surface area contributed by atoms with Gasteiger partial charge in [-0.25, -0.2) is 9.97 Å². The van der Waals surface area contributed by atoms with Crippen molar-refractivity contribution in [3.8, 4) is 11.6 Å². The summed E-state index contributed by atoms with van der Waals surface area (Å²) < 4.78 is 49.6. The molecule has 2 bridgehead atoms. The molecule has 1 aliphatic heterocycles. The molecule has 2 aromatic heterocycles. The molecule has 2 unspecified atom stereocenters. The fourth-order valence-corrected chi connectivity index (χ4v) is 4.51. The zero-order chi connectivity index (χ0) is 22.2. The number of aromatic nitrogens is 2. The summed E-state index contributed by atoms with van der Waals surface area (Å²) in [6, 6.07) is 5.71. The number of likely N-dealkylation sites (tertiary alicyclic amines) is 1. The van der Waals surface area contributed by atoms with Crippen LogP contribution in [0, 0.1) is 12.8 Å². The van der Waals surface area contributed by atoms with Crippen molar-refractivity contribution in [3.63, 3.8) is 0 Å². The second-order valence-electron chi connectivity index (χ2n) is 8.15. The van der Waals surface area contributed by atoms with E-state index in [1.165, 1.54) is 6.07 Å². The number of pyridine rings is 2. The lowest BCUT2D eigenvalue weighted by Crippen LogP contribution is -2.52. The quantitative estimate of drug-likeness (QED) is 0.678. The van der Waals surface area contributed by atoms with Crippen LogP contribution in [0.15, 0.2) is 30.5 Å². The van der Waals surface area contributed by atoms with Gasteiger partial charge in [0.25, 0.3) is 5.91 Å². The second kappa shape index (κ2) is 8.01. The topological polar surface area (TPSA) is 64.5 Å². The molecule has 166 valence electrons. The lowest BCUT2D eigenvalue weighted by atomic mass is 9.97. The van der Waals surface area contributed by atoms with Crippen LogP contribution in [0.5, 0.6) is 11.6 Å². The first kappa shape index (κ1) is 21.4. The first-order valence-corrected chi connectivity index (χ1v) is 10.3. The molecule has 0 aromatic carbocycles. The smallest absolute Gasteiger partial charge is 0.417 e. The molecule has 9 heteroatoms. The van der Waals surface area contributed by atoms with Gasteiger partial charge in [0.1, 0.15) is 6.61 Å². The number of amides is 1. The highest BCUT2D eigenvalue weighted by Gasteiger charge is 2.54. The minimum atomic E-state index is -4.45. The van der Waals surface area contributed by atoms with Crippen LogP contribution < -0.4 is 9.47 Å². The third-order valence-corrected chi connectivity index (χ3v) is 6.00. The van der Waals surface area contributed by atoms with Gasteiger partial charge in [0.15, 0.2) is 11.4 Å². The summed E-state index contributed by atoms with van der Waals surface area (Å²) in [5.74, 6) is 0.710. The summed E-state index contributed by atoms with van der Waals surface area (Å²) in [6.07, 6.45) is -1.16. The van der Waals surface area contributed by atoms with Crippen molar-refractivity contribution < 1.29 is 27.4 Å². The van der Waals surface area contributed by atoms with E-state index in [1.807, 2.05) is 13.8 Å². The Morgan fingerprint density at radius 1 is 1.26 bits per heavy atom. The minimum Gasteiger partial charge on any atom is -0.491 e. The van der Waals surface area contributed by atoms with Gasteiger partial charge in [0.05, 0.1) is 17.7 Å². The van der Waals surface area contributed by atoms with E-state index in [0.717, 1.165) is 37.2 Å². The number of halogens is 3. The number of hydrogen-bond acceptors (Lipinski definition) is 5. The normalized spacial score (nSPS) is 22.6. The van der Waals surface area contributed by atoms with E-state index in [4.69, 9.17) is 9.47 Å². The average Bonchev–Trinajstić information content (AvgIpc) is 3.32. The van der Waals surface area contributed by atoms with Gasteiger partial charge in [-0.15, -0.1) is 0 Å². The van der Waals surface area contributed by atoms with Crippen LogP contribution in [0.4, 0.5) is 13.2 Å². The van der Waals surface area contributed by atoms with E-state index in [9.17, 15) is 18.0 Å². The van der Waals surface area contributed by atoms with Gasteiger partial charge in [-0.3, -0.25) is 4.79 Å². The molecule has 1 saturated carbocycles. The van der Waals surface area contributed by atoms with Gasteiger partial charge in [-0.05, 0) is 57.2 Å². The number of rotatable bonds is 6. The summed E-state index contributed by atoms with van der Waals surface area (Å²) in [7, 11) is 0. The molecule has 0 radical (unpaired) electrons. The van der Waals surface area contributed by atoms with Gasteiger partial charge >= 0.3 is 6.18 Å². The molecule has 0 spiro atoms. The number of fused-ring (bicyclic) bond motifs is 2. The Morgan fingerprint density at radius 3 is 2.71 bits per heavy atom. The minimum absolute atomic E-state index is 0.105. The Bertz CT molecular complexity index is 965.